The Bertz CT molecular complexity index is 539. The molecule has 1 amide bonds. The summed E-state index contributed by atoms with van der Waals surface area (Å²) in [6, 6.07) is 6.45. The van der Waals surface area contributed by atoms with Crippen molar-refractivity contribution in [3.05, 3.63) is 41.7 Å². The monoisotopic (exact) mass is 291 g/mol. The summed E-state index contributed by atoms with van der Waals surface area (Å²) in [5.41, 5.74) is 1.08. The molecule has 1 aliphatic rings. The molecule has 21 heavy (non-hydrogen) atoms. The Balaban J connectivity index is 2.10. The van der Waals surface area contributed by atoms with Crippen LogP contribution in [0.5, 0.6) is 0 Å². The molecule has 0 radical (unpaired) electrons. The van der Waals surface area contributed by atoms with Crippen LogP contribution in [0.3, 0.4) is 0 Å². The molecular formula is C17H22FNO2. The number of halogens is 1. The number of amides is 1. The molecule has 1 aromatic rings. The van der Waals surface area contributed by atoms with Crippen LogP contribution in [0.4, 0.5) is 4.39 Å². The highest BCUT2D eigenvalue weighted by Gasteiger charge is 2.25. The number of benzene rings is 1. The van der Waals surface area contributed by atoms with Gasteiger partial charge in [-0.05, 0) is 38.3 Å². The predicted octanol–water partition coefficient (Wildman–Crippen LogP) is 2.85. The van der Waals surface area contributed by atoms with Gasteiger partial charge in [-0.1, -0.05) is 18.2 Å². The summed E-state index contributed by atoms with van der Waals surface area (Å²) in [6.45, 7) is 4.77. The molecule has 0 bridgehead atoms. The second kappa shape index (κ2) is 6.85. The second-order valence-corrected chi connectivity index (χ2v) is 5.73. The first kappa shape index (κ1) is 15.7. The first-order chi connectivity index (χ1) is 9.99. The summed E-state index contributed by atoms with van der Waals surface area (Å²) < 4.78 is 13.7. The zero-order valence-corrected chi connectivity index (χ0v) is 12.6. The van der Waals surface area contributed by atoms with Crippen molar-refractivity contribution >= 4 is 11.5 Å². The van der Waals surface area contributed by atoms with Crippen molar-refractivity contribution in [2.75, 3.05) is 13.1 Å². The standard InChI is InChI=1S/C17H22FNO2/c1-12(15-7-3-4-8-16(15)18)10-17(21)19-9-5-6-14(11-19)13(2)20/h3-4,7-8,10,13-14,20H,5-6,9,11H2,1-2H3/b12-10-. The van der Waals surface area contributed by atoms with E-state index in [1.807, 2.05) is 0 Å². The average molecular weight is 291 g/mol. The summed E-state index contributed by atoms with van der Waals surface area (Å²) in [6.07, 6.45) is 2.92. The zero-order valence-electron chi connectivity index (χ0n) is 12.6. The van der Waals surface area contributed by atoms with Gasteiger partial charge in [0, 0.05) is 30.6 Å². The molecule has 3 nitrogen and oxygen atoms in total. The number of rotatable bonds is 3. The van der Waals surface area contributed by atoms with Crippen LogP contribution in [0.15, 0.2) is 30.3 Å². The highest BCUT2D eigenvalue weighted by atomic mass is 19.1. The lowest BCUT2D eigenvalue weighted by molar-refractivity contribution is -0.128. The van der Waals surface area contributed by atoms with E-state index >= 15 is 0 Å². The van der Waals surface area contributed by atoms with Gasteiger partial charge in [-0.15, -0.1) is 0 Å². The van der Waals surface area contributed by atoms with Gasteiger partial charge < -0.3 is 10.0 Å². The minimum atomic E-state index is -0.405. The molecule has 4 heteroatoms. The van der Waals surface area contributed by atoms with Crippen molar-refractivity contribution < 1.29 is 14.3 Å². The molecule has 0 spiro atoms. The molecular weight excluding hydrogens is 269 g/mol. The number of piperidine rings is 1. The van der Waals surface area contributed by atoms with Gasteiger partial charge in [-0.2, -0.15) is 0 Å². The van der Waals surface area contributed by atoms with Crippen LogP contribution in [0.25, 0.3) is 5.57 Å². The van der Waals surface area contributed by atoms with Crippen molar-refractivity contribution in [2.24, 2.45) is 5.92 Å². The maximum absolute atomic E-state index is 13.7. The molecule has 0 saturated carbocycles. The molecule has 2 unspecified atom stereocenters. The predicted molar refractivity (Wildman–Crippen MR) is 81.0 cm³/mol. The summed E-state index contributed by atoms with van der Waals surface area (Å²) in [5.74, 6) is -0.300. The SMILES string of the molecule is C/C(=C/C(=O)N1CCCC(C(C)O)C1)c1ccccc1F. The average Bonchev–Trinajstić information content (AvgIpc) is 2.47. The van der Waals surface area contributed by atoms with E-state index in [0.717, 1.165) is 12.8 Å². The lowest BCUT2D eigenvalue weighted by atomic mass is 9.93. The lowest BCUT2D eigenvalue weighted by Gasteiger charge is -2.33. The Labute approximate surface area is 125 Å². The molecule has 1 heterocycles. The Morgan fingerprint density at radius 3 is 2.86 bits per heavy atom. The molecule has 2 rings (SSSR count). The van der Waals surface area contributed by atoms with E-state index in [1.165, 1.54) is 12.1 Å². The lowest BCUT2D eigenvalue weighted by Crippen LogP contribution is -2.42. The summed E-state index contributed by atoms with van der Waals surface area (Å²) in [5, 5.41) is 9.67. The Kier molecular flexibility index (Phi) is 5.12. The van der Waals surface area contributed by atoms with Crippen molar-refractivity contribution in [2.45, 2.75) is 32.8 Å². The van der Waals surface area contributed by atoms with Crippen molar-refractivity contribution in [1.82, 2.24) is 4.90 Å². The van der Waals surface area contributed by atoms with E-state index in [9.17, 15) is 14.3 Å². The maximum Gasteiger partial charge on any atom is 0.246 e. The highest BCUT2D eigenvalue weighted by molar-refractivity contribution is 5.95. The van der Waals surface area contributed by atoms with Crippen LogP contribution in [0, 0.1) is 11.7 Å². The number of carbonyl (C=O) groups is 1. The number of aliphatic hydroxyl groups excluding tert-OH is 1. The molecule has 1 saturated heterocycles. The quantitative estimate of drug-likeness (QED) is 0.870. The van der Waals surface area contributed by atoms with E-state index < -0.39 is 6.10 Å². The first-order valence-corrected chi connectivity index (χ1v) is 7.39. The summed E-state index contributed by atoms with van der Waals surface area (Å²) in [4.78, 5) is 14.0. The second-order valence-electron chi connectivity index (χ2n) is 5.73. The zero-order chi connectivity index (χ0) is 15.4. The molecule has 2 atom stereocenters. The number of nitrogens with zero attached hydrogens (tertiary/aromatic N) is 1. The third kappa shape index (κ3) is 3.91. The number of hydrogen-bond acceptors (Lipinski definition) is 2. The normalized spacial score (nSPS) is 21.2. The van der Waals surface area contributed by atoms with E-state index in [4.69, 9.17) is 0 Å². The fourth-order valence-electron chi connectivity index (χ4n) is 2.74. The number of likely N-dealkylation sites (tertiary alicyclic amines) is 1. The van der Waals surface area contributed by atoms with E-state index in [-0.39, 0.29) is 17.6 Å². The molecule has 1 aromatic carbocycles. The van der Waals surface area contributed by atoms with Gasteiger partial charge in [-0.3, -0.25) is 4.79 Å². The topological polar surface area (TPSA) is 40.5 Å². The van der Waals surface area contributed by atoms with E-state index in [0.29, 0.717) is 24.2 Å². The van der Waals surface area contributed by atoms with Gasteiger partial charge in [0.25, 0.3) is 0 Å². The molecule has 0 aromatic heterocycles. The van der Waals surface area contributed by atoms with Crippen molar-refractivity contribution in [3.8, 4) is 0 Å². The molecule has 0 aliphatic carbocycles. The molecule has 1 aliphatic heterocycles. The summed E-state index contributed by atoms with van der Waals surface area (Å²) in [7, 11) is 0. The number of hydrogen-bond donors (Lipinski definition) is 1. The van der Waals surface area contributed by atoms with Crippen LogP contribution in [-0.4, -0.2) is 35.1 Å². The number of aliphatic hydroxyl groups is 1. The van der Waals surface area contributed by atoms with Gasteiger partial charge in [0.15, 0.2) is 0 Å². The third-order valence-electron chi connectivity index (χ3n) is 4.09. The molecule has 114 valence electrons. The maximum atomic E-state index is 13.7. The van der Waals surface area contributed by atoms with Crippen LogP contribution >= 0.6 is 0 Å². The fourth-order valence-corrected chi connectivity index (χ4v) is 2.74. The van der Waals surface area contributed by atoms with Crippen LogP contribution in [-0.2, 0) is 4.79 Å². The molecule has 1 fully saturated rings. The smallest absolute Gasteiger partial charge is 0.246 e. The number of allylic oxidation sites excluding steroid dienone is 1. The van der Waals surface area contributed by atoms with Gasteiger partial charge >= 0.3 is 0 Å². The van der Waals surface area contributed by atoms with Crippen LogP contribution in [0.1, 0.15) is 32.3 Å². The van der Waals surface area contributed by atoms with Crippen LogP contribution in [0.2, 0.25) is 0 Å². The van der Waals surface area contributed by atoms with Gasteiger partial charge in [0.2, 0.25) is 5.91 Å². The third-order valence-corrected chi connectivity index (χ3v) is 4.09. The largest absolute Gasteiger partial charge is 0.393 e. The van der Waals surface area contributed by atoms with Crippen molar-refractivity contribution in [1.29, 1.82) is 0 Å². The Morgan fingerprint density at radius 1 is 1.48 bits per heavy atom. The highest BCUT2D eigenvalue weighted by Crippen LogP contribution is 2.22. The Morgan fingerprint density at radius 2 is 2.19 bits per heavy atom. The number of carbonyl (C=O) groups excluding carboxylic acids is 1. The van der Waals surface area contributed by atoms with Gasteiger partial charge in [0.1, 0.15) is 5.82 Å². The van der Waals surface area contributed by atoms with Gasteiger partial charge in [0.05, 0.1) is 6.10 Å². The first-order valence-electron chi connectivity index (χ1n) is 7.39. The fraction of sp³-hybridized carbons (Fsp3) is 0.471. The van der Waals surface area contributed by atoms with Crippen molar-refractivity contribution in [3.63, 3.8) is 0 Å². The van der Waals surface area contributed by atoms with E-state index in [2.05, 4.69) is 0 Å². The minimum Gasteiger partial charge on any atom is -0.393 e. The van der Waals surface area contributed by atoms with E-state index in [1.54, 1.807) is 36.9 Å². The summed E-state index contributed by atoms with van der Waals surface area (Å²) >= 11 is 0. The van der Waals surface area contributed by atoms with Crippen LogP contribution < -0.4 is 0 Å². The Hall–Kier alpha value is -1.68. The minimum absolute atomic E-state index is 0.110. The molecule has 1 N–H and O–H groups in total. The van der Waals surface area contributed by atoms with Gasteiger partial charge in [-0.25, -0.2) is 4.39 Å².